The van der Waals surface area contributed by atoms with Crippen LogP contribution in [0.15, 0.2) is 18.2 Å². The molecule has 1 unspecified atom stereocenters. The zero-order valence-corrected chi connectivity index (χ0v) is 15.3. The van der Waals surface area contributed by atoms with E-state index in [2.05, 4.69) is 56.1 Å². The number of hydrogen-bond donors (Lipinski definition) is 1. The van der Waals surface area contributed by atoms with Gasteiger partial charge < -0.3 is 5.32 Å². The molecule has 2 atom stereocenters. The van der Waals surface area contributed by atoms with E-state index >= 15 is 0 Å². The number of piperazine rings is 1. The van der Waals surface area contributed by atoms with E-state index in [0.717, 1.165) is 13.1 Å². The van der Waals surface area contributed by atoms with Crippen molar-refractivity contribution in [1.82, 2.24) is 10.2 Å². The Hall–Kier alpha value is -0.280. The summed E-state index contributed by atoms with van der Waals surface area (Å²) in [6.45, 7) is 13.8. The summed E-state index contributed by atoms with van der Waals surface area (Å²) >= 11 is 0. The summed E-state index contributed by atoms with van der Waals surface area (Å²) in [7, 11) is 0. The Labute approximate surface area is 142 Å². The van der Waals surface area contributed by atoms with Crippen molar-refractivity contribution in [3.05, 3.63) is 34.9 Å². The van der Waals surface area contributed by atoms with Crippen LogP contribution in [0.3, 0.4) is 0 Å². The summed E-state index contributed by atoms with van der Waals surface area (Å²) in [6, 6.07) is 7.28. The standard InChI is InChI=1S/C17H28N2.2ClH/c1-5-13(2)17(19-11-9-18-10-12-19)16-14(3)7-6-8-15(16)4;;/h6-8,13,17-18H,5,9-12H2,1-4H3;2*1H/t13?,17-;;/m0../s1. The highest BCUT2D eigenvalue weighted by molar-refractivity contribution is 5.85. The van der Waals surface area contributed by atoms with E-state index in [1.165, 1.54) is 30.6 Å². The van der Waals surface area contributed by atoms with Crippen molar-refractivity contribution in [2.75, 3.05) is 26.2 Å². The Kier molecular flexibility index (Phi) is 9.55. The van der Waals surface area contributed by atoms with Crippen LogP contribution in [0, 0.1) is 19.8 Å². The van der Waals surface area contributed by atoms with Crippen LogP contribution in [0.4, 0.5) is 0 Å². The largest absolute Gasteiger partial charge is 0.314 e. The smallest absolute Gasteiger partial charge is 0.0379 e. The Balaban J connectivity index is 0.00000200. The second-order valence-electron chi connectivity index (χ2n) is 5.92. The van der Waals surface area contributed by atoms with Crippen LogP contribution in [-0.4, -0.2) is 31.1 Å². The van der Waals surface area contributed by atoms with Crippen molar-refractivity contribution < 1.29 is 0 Å². The minimum atomic E-state index is 0. The molecule has 0 saturated carbocycles. The predicted molar refractivity (Wildman–Crippen MR) is 97.1 cm³/mol. The first-order chi connectivity index (χ1) is 9.15. The molecule has 1 aromatic carbocycles. The molecule has 0 radical (unpaired) electrons. The normalized spacial score (nSPS) is 18.3. The van der Waals surface area contributed by atoms with Gasteiger partial charge in [-0.1, -0.05) is 38.5 Å². The molecule has 1 fully saturated rings. The number of aryl methyl sites for hydroxylation is 2. The molecular formula is C17H30Cl2N2. The van der Waals surface area contributed by atoms with E-state index in [4.69, 9.17) is 0 Å². The molecule has 1 aromatic rings. The van der Waals surface area contributed by atoms with Gasteiger partial charge in [0.1, 0.15) is 0 Å². The van der Waals surface area contributed by atoms with E-state index in [-0.39, 0.29) is 24.8 Å². The topological polar surface area (TPSA) is 15.3 Å². The van der Waals surface area contributed by atoms with Crippen LogP contribution >= 0.6 is 24.8 Å². The predicted octanol–water partition coefficient (Wildman–Crippen LogP) is 4.14. The van der Waals surface area contributed by atoms with Gasteiger partial charge in [0.05, 0.1) is 0 Å². The van der Waals surface area contributed by atoms with E-state index in [0.29, 0.717) is 12.0 Å². The Morgan fingerprint density at radius 1 is 1.10 bits per heavy atom. The van der Waals surface area contributed by atoms with Gasteiger partial charge in [-0.3, -0.25) is 4.90 Å². The van der Waals surface area contributed by atoms with Gasteiger partial charge >= 0.3 is 0 Å². The van der Waals surface area contributed by atoms with Gasteiger partial charge in [-0.05, 0) is 36.5 Å². The van der Waals surface area contributed by atoms with Crippen molar-refractivity contribution in [3.8, 4) is 0 Å². The molecule has 2 rings (SSSR count). The average Bonchev–Trinajstić information content (AvgIpc) is 2.43. The molecule has 0 aromatic heterocycles. The fourth-order valence-corrected chi connectivity index (χ4v) is 3.30. The summed E-state index contributed by atoms with van der Waals surface area (Å²) in [4.78, 5) is 2.68. The second kappa shape index (κ2) is 9.68. The van der Waals surface area contributed by atoms with Gasteiger partial charge in [-0.2, -0.15) is 0 Å². The lowest BCUT2D eigenvalue weighted by Gasteiger charge is -2.39. The van der Waals surface area contributed by atoms with Crippen LogP contribution in [0.1, 0.15) is 43.0 Å². The number of benzene rings is 1. The zero-order chi connectivity index (χ0) is 13.8. The number of nitrogens with one attached hydrogen (secondary N) is 1. The molecule has 122 valence electrons. The Bertz CT molecular complexity index is 397. The summed E-state index contributed by atoms with van der Waals surface area (Å²) in [6.07, 6.45) is 1.24. The van der Waals surface area contributed by atoms with E-state index in [1.807, 2.05) is 0 Å². The summed E-state index contributed by atoms with van der Waals surface area (Å²) in [5, 5.41) is 3.47. The van der Waals surface area contributed by atoms with E-state index in [1.54, 1.807) is 5.56 Å². The highest BCUT2D eigenvalue weighted by Gasteiger charge is 2.28. The first-order valence-electron chi connectivity index (χ1n) is 7.66. The molecule has 21 heavy (non-hydrogen) atoms. The van der Waals surface area contributed by atoms with Gasteiger partial charge in [0.25, 0.3) is 0 Å². The quantitative estimate of drug-likeness (QED) is 0.891. The fourth-order valence-electron chi connectivity index (χ4n) is 3.30. The molecule has 1 aliphatic rings. The Morgan fingerprint density at radius 3 is 2.10 bits per heavy atom. The van der Waals surface area contributed by atoms with Gasteiger partial charge in [0.2, 0.25) is 0 Å². The molecule has 1 N–H and O–H groups in total. The maximum Gasteiger partial charge on any atom is 0.0379 e. The molecule has 4 heteroatoms. The highest BCUT2D eigenvalue weighted by Crippen LogP contribution is 2.34. The third-order valence-electron chi connectivity index (χ3n) is 4.57. The number of hydrogen-bond acceptors (Lipinski definition) is 2. The Morgan fingerprint density at radius 2 is 1.62 bits per heavy atom. The molecule has 0 spiro atoms. The molecule has 0 amide bonds. The molecule has 1 aliphatic heterocycles. The first-order valence-corrected chi connectivity index (χ1v) is 7.66. The maximum absolute atomic E-state index is 3.47. The van der Waals surface area contributed by atoms with Crippen LogP contribution in [0.25, 0.3) is 0 Å². The lowest BCUT2D eigenvalue weighted by Crippen LogP contribution is -2.46. The average molecular weight is 333 g/mol. The van der Waals surface area contributed by atoms with Crippen LogP contribution < -0.4 is 5.32 Å². The summed E-state index contributed by atoms with van der Waals surface area (Å²) in [5.74, 6) is 0.706. The fraction of sp³-hybridized carbons (Fsp3) is 0.647. The number of nitrogens with zero attached hydrogens (tertiary/aromatic N) is 1. The van der Waals surface area contributed by atoms with Crippen molar-refractivity contribution >= 4 is 24.8 Å². The minimum Gasteiger partial charge on any atom is -0.314 e. The molecule has 2 nitrogen and oxygen atoms in total. The van der Waals surface area contributed by atoms with Gasteiger partial charge in [0.15, 0.2) is 0 Å². The molecular weight excluding hydrogens is 303 g/mol. The summed E-state index contributed by atoms with van der Waals surface area (Å²) in [5.41, 5.74) is 4.46. The monoisotopic (exact) mass is 332 g/mol. The van der Waals surface area contributed by atoms with Gasteiger partial charge in [-0.25, -0.2) is 0 Å². The van der Waals surface area contributed by atoms with Gasteiger partial charge in [0, 0.05) is 32.2 Å². The first kappa shape index (κ1) is 20.7. The lowest BCUT2D eigenvalue weighted by molar-refractivity contribution is 0.127. The van der Waals surface area contributed by atoms with E-state index < -0.39 is 0 Å². The third kappa shape index (κ3) is 4.85. The van der Waals surface area contributed by atoms with Crippen molar-refractivity contribution in [2.24, 2.45) is 5.92 Å². The second-order valence-corrected chi connectivity index (χ2v) is 5.92. The number of rotatable bonds is 4. The summed E-state index contributed by atoms with van der Waals surface area (Å²) < 4.78 is 0. The SMILES string of the molecule is CCC(C)[C@@H](c1c(C)cccc1C)N1CCNCC1.Cl.Cl. The van der Waals surface area contributed by atoms with Crippen molar-refractivity contribution in [2.45, 2.75) is 40.2 Å². The van der Waals surface area contributed by atoms with Crippen LogP contribution in [-0.2, 0) is 0 Å². The zero-order valence-electron chi connectivity index (χ0n) is 13.7. The van der Waals surface area contributed by atoms with Gasteiger partial charge in [-0.15, -0.1) is 24.8 Å². The highest BCUT2D eigenvalue weighted by atomic mass is 35.5. The maximum atomic E-state index is 3.47. The van der Waals surface area contributed by atoms with Crippen molar-refractivity contribution in [1.29, 1.82) is 0 Å². The van der Waals surface area contributed by atoms with Crippen molar-refractivity contribution in [3.63, 3.8) is 0 Å². The number of halogens is 2. The molecule has 1 saturated heterocycles. The third-order valence-corrected chi connectivity index (χ3v) is 4.57. The van der Waals surface area contributed by atoms with Crippen LogP contribution in [0.5, 0.6) is 0 Å². The minimum absolute atomic E-state index is 0. The van der Waals surface area contributed by atoms with Crippen LogP contribution in [0.2, 0.25) is 0 Å². The molecule has 0 aliphatic carbocycles. The lowest BCUT2D eigenvalue weighted by atomic mass is 9.85. The van der Waals surface area contributed by atoms with E-state index in [9.17, 15) is 0 Å². The molecule has 1 heterocycles. The molecule has 0 bridgehead atoms.